The number of alkyl halides is 3. The molecule has 1 amide bonds. The first-order chi connectivity index (χ1) is 16.5. The topological polar surface area (TPSA) is 108 Å². The van der Waals surface area contributed by atoms with E-state index in [0.717, 1.165) is 6.07 Å². The van der Waals surface area contributed by atoms with Gasteiger partial charge in [-0.15, -0.1) is 18.3 Å². The van der Waals surface area contributed by atoms with Crippen LogP contribution in [0.3, 0.4) is 0 Å². The van der Waals surface area contributed by atoms with Crippen LogP contribution in [0.15, 0.2) is 18.3 Å². The minimum Gasteiger partial charge on any atom is -0.480 e. The number of aromatic nitrogens is 3. The standard InChI is InChI=1S/C21H21ClF4N4O5/c22-13-3-12-15(31)5-17(35-16(12)4-14(13)23)18(32)27-19-8-20(9-19,10-19)30-6-11(28-29-30)7-33-1-2-34-21(24,25)26/h3-4,6,15,17,31H,1-2,5,7-10H2,(H,27,32)/t15-,17-,19?,20?/m1/s1. The molecule has 6 rings (SSSR count). The third-order valence-electron chi connectivity index (χ3n) is 6.57. The van der Waals surface area contributed by atoms with Gasteiger partial charge in [0.05, 0.1) is 42.7 Å². The van der Waals surface area contributed by atoms with E-state index in [1.54, 1.807) is 10.9 Å². The van der Waals surface area contributed by atoms with E-state index in [0.29, 0.717) is 30.5 Å². The van der Waals surface area contributed by atoms with Crippen molar-refractivity contribution >= 4 is 17.5 Å². The van der Waals surface area contributed by atoms with Gasteiger partial charge in [-0.05, 0) is 25.3 Å². The van der Waals surface area contributed by atoms with Gasteiger partial charge in [-0.25, -0.2) is 9.07 Å². The molecule has 3 fully saturated rings. The molecule has 2 aromatic rings. The molecule has 0 radical (unpaired) electrons. The molecule has 35 heavy (non-hydrogen) atoms. The summed E-state index contributed by atoms with van der Waals surface area (Å²) in [5.41, 5.74) is 0.0883. The van der Waals surface area contributed by atoms with E-state index in [9.17, 15) is 27.5 Å². The highest BCUT2D eigenvalue weighted by Crippen LogP contribution is 2.65. The lowest BCUT2D eigenvalue weighted by Crippen LogP contribution is -2.79. The molecule has 3 aliphatic carbocycles. The van der Waals surface area contributed by atoms with Gasteiger partial charge in [0.1, 0.15) is 17.3 Å². The SMILES string of the molecule is O=C(NC12CC(n3cc(COCCOC(F)(F)F)nn3)(C1)C2)[C@H]1C[C@@H](O)c2cc(Cl)c(F)cc2O1. The van der Waals surface area contributed by atoms with Crippen molar-refractivity contribution in [2.45, 2.75) is 61.9 Å². The number of nitrogens with zero attached hydrogens (tertiary/aromatic N) is 3. The van der Waals surface area contributed by atoms with Crippen LogP contribution in [0.2, 0.25) is 5.02 Å². The van der Waals surface area contributed by atoms with Crippen molar-refractivity contribution in [2.24, 2.45) is 0 Å². The molecular formula is C21H21ClF4N4O5. The van der Waals surface area contributed by atoms with E-state index < -0.39 is 42.4 Å². The average molecular weight is 521 g/mol. The number of nitrogens with one attached hydrogen (secondary N) is 1. The van der Waals surface area contributed by atoms with E-state index >= 15 is 0 Å². The second-order valence-corrected chi connectivity index (χ2v) is 9.59. The van der Waals surface area contributed by atoms with Crippen molar-refractivity contribution in [2.75, 3.05) is 13.2 Å². The maximum absolute atomic E-state index is 13.8. The quantitative estimate of drug-likeness (QED) is 0.407. The second kappa shape index (κ2) is 8.57. The molecular weight excluding hydrogens is 500 g/mol. The van der Waals surface area contributed by atoms with Crippen LogP contribution in [0.1, 0.15) is 43.0 Å². The Bertz CT molecular complexity index is 1120. The summed E-state index contributed by atoms with van der Waals surface area (Å²) in [7, 11) is 0. The van der Waals surface area contributed by atoms with Crippen molar-refractivity contribution in [1.82, 2.24) is 20.3 Å². The fraction of sp³-hybridized carbons (Fsp3) is 0.571. The number of benzene rings is 1. The third-order valence-corrected chi connectivity index (χ3v) is 6.86. The van der Waals surface area contributed by atoms with Crippen LogP contribution in [0, 0.1) is 5.82 Å². The Morgan fingerprint density at radius 2 is 2.06 bits per heavy atom. The zero-order valence-corrected chi connectivity index (χ0v) is 18.9. The molecule has 3 saturated carbocycles. The molecule has 1 aliphatic heterocycles. The fourth-order valence-corrected chi connectivity index (χ4v) is 5.21. The highest BCUT2D eigenvalue weighted by atomic mass is 35.5. The van der Waals surface area contributed by atoms with E-state index in [4.69, 9.17) is 21.1 Å². The van der Waals surface area contributed by atoms with E-state index in [2.05, 4.69) is 20.4 Å². The molecule has 0 unspecified atom stereocenters. The van der Waals surface area contributed by atoms with Gasteiger partial charge in [-0.2, -0.15) is 0 Å². The summed E-state index contributed by atoms with van der Waals surface area (Å²) in [5.74, 6) is -1.01. The molecule has 2 atom stereocenters. The predicted octanol–water partition coefficient (Wildman–Crippen LogP) is 2.76. The van der Waals surface area contributed by atoms with Crippen molar-refractivity contribution in [1.29, 1.82) is 0 Å². The predicted molar refractivity (Wildman–Crippen MR) is 110 cm³/mol. The minimum atomic E-state index is -4.69. The van der Waals surface area contributed by atoms with Gasteiger partial charge in [-0.1, -0.05) is 16.8 Å². The van der Waals surface area contributed by atoms with Crippen LogP contribution >= 0.6 is 11.6 Å². The Kier molecular flexibility index (Phi) is 5.93. The Morgan fingerprint density at radius 3 is 2.77 bits per heavy atom. The molecule has 0 saturated heterocycles. The lowest BCUT2D eigenvalue weighted by atomic mass is 9.44. The first-order valence-electron chi connectivity index (χ1n) is 10.8. The number of rotatable bonds is 8. The summed E-state index contributed by atoms with van der Waals surface area (Å²) >= 11 is 5.76. The molecule has 2 bridgehead atoms. The molecule has 1 aromatic carbocycles. The number of halogens is 5. The Morgan fingerprint density at radius 1 is 1.31 bits per heavy atom. The van der Waals surface area contributed by atoms with E-state index in [1.165, 1.54) is 6.07 Å². The molecule has 2 N–H and O–H groups in total. The van der Waals surface area contributed by atoms with Crippen molar-refractivity contribution in [3.63, 3.8) is 0 Å². The van der Waals surface area contributed by atoms with E-state index in [-0.39, 0.29) is 35.9 Å². The van der Waals surface area contributed by atoms with Crippen LogP contribution in [0.5, 0.6) is 5.75 Å². The van der Waals surface area contributed by atoms with Crippen molar-refractivity contribution < 1.29 is 41.7 Å². The molecule has 2 heterocycles. The van der Waals surface area contributed by atoms with Gasteiger partial charge in [0.15, 0.2) is 6.10 Å². The summed E-state index contributed by atoms with van der Waals surface area (Å²) in [6, 6.07) is 2.36. The van der Waals surface area contributed by atoms with Gasteiger partial charge in [0.25, 0.3) is 5.91 Å². The maximum atomic E-state index is 13.8. The van der Waals surface area contributed by atoms with Crippen LogP contribution in [-0.2, 0) is 26.4 Å². The van der Waals surface area contributed by atoms with Gasteiger partial charge in [0, 0.05) is 23.6 Å². The lowest BCUT2D eigenvalue weighted by Gasteiger charge is -2.69. The van der Waals surface area contributed by atoms with Crippen LogP contribution in [-0.4, -0.2) is 57.2 Å². The van der Waals surface area contributed by atoms with Gasteiger partial charge < -0.3 is 19.9 Å². The van der Waals surface area contributed by atoms with Crippen LogP contribution in [0.25, 0.3) is 0 Å². The van der Waals surface area contributed by atoms with Crippen molar-refractivity contribution in [3.8, 4) is 5.75 Å². The highest BCUT2D eigenvalue weighted by Gasteiger charge is 2.70. The number of hydrogen-bond acceptors (Lipinski definition) is 7. The summed E-state index contributed by atoms with van der Waals surface area (Å²) in [6.45, 7) is -0.859. The molecule has 1 aromatic heterocycles. The van der Waals surface area contributed by atoms with E-state index in [1.807, 2.05) is 0 Å². The zero-order chi connectivity index (χ0) is 25.0. The first-order valence-corrected chi connectivity index (χ1v) is 11.2. The third kappa shape index (κ3) is 4.69. The molecule has 9 nitrogen and oxygen atoms in total. The lowest BCUT2D eigenvalue weighted by molar-refractivity contribution is -0.327. The van der Waals surface area contributed by atoms with Gasteiger partial charge in [0.2, 0.25) is 0 Å². The number of aliphatic hydroxyl groups is 1. The summed E-state index contributed by atoms with van der Waals surface area (Å²) in [4.78, 5) is 12.8. The minimum absolute atomic E-state index is 0.00615. The monoisotopic (exact) mass is 520 g/mol. The Labute approximate surface area is 201 Å². The summed E-state index contributed by atoms with van der Waals surface area (Å²) in [5, 5.41) is 21.3. The fourth-order valence-electron chi connectivity index (χ4n) is 5.04. The number of hydrogen-bond donors (Lipinski definition) is 2. The highest BCUT2D eigenvalue weighted by molar-refractivity contribution is 6.30. The number of amides is 1. The normalized spacial score (nSPS) is 29.0. The van der Waals surface area contributed by atoms with Crippen LogP contribution in [0.4, 0.5) is 17.6 Å². The first kappa shape index (κ1) is 24.2. The molecule has 4 aliphatic rings. The average Bonchev–Trinajstić information content (AvgIpc) is 3.18. The summed E-state index contributed by atoms with van der Waals surface area (Å²) in [6.07, 6.45) is -3.14. The zero-order valence-electron chi connectivity index (χ0n) is 18.1. The maximum Gasteiger partial charge on any atom is 0.522 e. The number of fused-ring (bicyclic) bond motifs is 1. The van der Waals surface area contributed by atoms with Gasteiger partial charge in [-0.3, -0.25) is 9.53 Å². The Hall–Kier alpha value is -2.48. The largest absolute Gasteiger partial charge is 0.522 e. The van der Waals surface area contributed by atoms with Crippen molar-refractivity contribution in [3.05, 3.63) is 40.4 Å². The number of carbonyl (C=O) groups excluding carboxylic acids is 1. The summed E-state index contributed by atoms with van der Waals surface area (Å²) < 4.78 is 65.7. The van der Waals surface area contributed by atoms with Gasteiger partial charge >= 0.3 is 6.36 Å². The number of carbonyl (C=O) groups is 1. The number of ether oxygens (including phenoxy) is 3. The number of aliphatic hydroxyl groups excluding tert-OH is 1. The van der Waals surface area contributed by atoms with Crippen LogP contribution < -0.4 is 10.1 Å². The smallest absolute Gasteiger partial charge is 0.480 e. The molecule has 190 valence electrons. The molecule has 14 heteroatoms. The Balaban J connectivity index is 1.11. The second-order valence-electron chi connectivity index (χ2n) is 9.19. The molecule has 0 spiro atoms.